The lowest BCUT2D eigenvalue weighted by Gasteiger charge is -2.26. The first-order valence-corrected chi connectivity index (χ1v) is 11.3. The Kier molecular flexibility index (Phi) is 6.61. The van der Waals surface area contributed by atoms with Gasteiger partial charge in [-0.1, -0.05) is 60.7 Å². The lowest BCUT2D eigenvalue weighted by Crippen LogP contribution is -2.56. The molecule has 0 radical (unpaired) electrons. The SMILES string of the molecule is CCOC(=O)C1(C(=O)OCC)C=C(C(C)=O)[C@H](c2ccc(-c3ccc4ccccc4c3)cc2)N1. The average Bonchev–Trinajstić information content (AvgIpc) is 3.27. The molecule has 1 heterocycles. The van der Waals surface area contributed by atoms with Crippen molar-refractivity contribution >= 4 is 28.5 Å². The third-order valence-corrected chi connectivity index (χ3v) is 5.98. The second kappa shape index (κ2) is 9.61. The van der Waals surface area contributed by atoms with Gasteiger partial charge in [0.1, 0.15) is 0 Å². The van der Waals surface area contributed by atoms with E-state index in [1.165, 1.54) is 18.4 Å². The molecule has 1 aliphatic heterocycles. The maximum atomic E-state index is 12.8. The average molecular weight is 458 g/mol. The van der Waals surface area contributed by atoms with Crippen LogP contribution >= 0.6 is 0 Å². The van der Waals surface area contributed by atoms with E-state index in [1.807, 2.05) is 36.4 Å². The number of rotatable bonds is 7. The molecule has 0 amide bonds. The topological polar surface area (TPSA) is 81.7 Å². The van der Waals surface area contributed by atoms with E-state index in [9.17, 15) is 14.4 Å². The van der Waals surface area contributed by atoms with Gasteiger partial charge in [0.25, 0.3) is 0 Å². The van der Waals surface area contributed by atoms with Crippen LogP contribution in [0.15, 0.2) is 78.4 Å². The lowest BCUT2D eigenvalue weighted by atomic mass is 9.95. The Labute approximate surface area is 198 Å². The van der Waals surface area contributed by atoms with Crippen LogP contribution in [0.5, 0.6) is 0 Å². The largest absolute Gasteiger partial charge is 0.464 e. The predicted octanol–water partition coefficient (Wildman–Crippen LogP) is 4.53. The molecule has 0 bridgehead atoms. The molecule has 1 atom stereocenters. The maximum Gasteiger partial charge on any atom is 0.342 e. The van der Waals surface area contributed by atoms with Crippen LogP contribution in [0.2, 0.25) is 0 Å². The van der Waals surface area contributed by atoms with Crippen LogP contribution < -0.4 is 5.32 Å². The molecule has 0 fully saturated rings. The molecule has 0 unspecified atom stereocenters. The van der Waals surface area contributed by atoms with Crippen molar-refractivity contribution in [1.29, 1.82) is 0 Å². The van der Waals surface area contributed by atoms with E-state index >= 15 is 0 Å². The highest BCUT2D eigenvalue weighted by Crippen LogP contribution is 2.36. The van der Waals surface area contributed by atoms with Crippen LogP contribution in [-0.4, -0.2) is 36.5 Å². The summed E-state index contributed by atoms with van der Waals surface area (Å²) in [6, 6.07) is 21.5. The highest BCUT2D eigenvalue weighted by Gasteiger charge is 2.54. The van der Waals surface area contributed by atoms with Gasteiger partial charge >= 0.3 is 11.9 Å². The Balaban J connectivity index is 1.68. The molecule has 0 saturated carbocycles. The number of ketones is 1. The Morgan fingerprint density at radius 1 is 0.824 bits per heavy atom. The molecule has 0 aromatic heterocycles. The van der Waals surface area contributed by atoms with E-state index in [0.717, 1.165) is 22.1 Å². The monoisotopic (exact) mass is 457 g/mol. The summed E-state index contributed by atoms with van der Waals surface area (Å²) in [6.07, 6.45) is 1.35. The van der Waals surface area contributed by atoms with Gasteiger partial charge in [-0.15, -0.1) is 0 Å². The minimum Gasteiger partial charge on any atom is -0.464 e. The number of ether oxygens (including phenoxy) is 2. The Hall–Kier alpha value is -3.77. The summed E-state index contributed by atoms with van der Waals surface area (Å²) in [4.78, 5) is 38.1. The Bertz CT molecular complexity index is 1260. The number of carbonyl (C=O) groups excluding carboxylic acids is 3. The van der Waals surface area contributed by atoms with Gasteiger partial charge in [-0.3, -0.25) is 10.1 Å². The molecular weight excluding hydrogens is 430 g/mol. The summed E-state index contributed by atoms with van der Waals surface area (Å²) in [6.45, 7) is 4.91. The van der Waals surface area contributed by atoms with Crippen molar-refractivity contribution in [3.8, 4) is 11.1 Å². The van der Waals surface area contributed by atoms with Crippen molar-refractivity contribution in [2.75, 3.05) is 13.2 Å². The normalized spacial score (nSPS) is 16.7. The van der Waals surface area contributed by atoms with Gasteiger partial charge in [0.15, 0.2) is 5.78 Å². The number of Topliss-reactive ketones (excluding diaryl/α,β-unsaturated/α-hetero) is 1. The number of carbonyl (C=O) groups is 3. The van der Waals surface area contributed by atoms with Gasteiger partial charge in [0.05, 0.1) is 19.3 Å². The number of fused-ring (bicyclic) bond motifs is 1. The smallest absolute Gasteiger partial charge is 0.342 e. The van der Waals surface area contributed by atoms with Gasteiger partial charge in [0.2, 0.25) is 5.54 Å². The van der Waals surface area contributed by atoms with Gasteiger partial charge in [-0.05, 0) is 60.4 Å². The molecular formula is C28H27NO5. The minimum absolute atomic E-state index is 0.0933. The molecule has 1 aliphatic rings. The third kappa shape index (κ3) is 4.24. The fourth-order valence-corrected chi connectivity index (χ4v) is 4.28. The molecule has 3 aromatic carbocycles. The van der Waals surface area contributed by atoms with Gasteiger partial charge in [-0.2, -0.15) is 0 Å². The van der Waals surface area contributed by atoms with Crippen LogP contribution in [0.1, 0.15) is 32.4 Å². The molecule has 174 valence electrons. The van der Waals surface area contributed by atoms with Crippen LogP contribution in [0, 0.1) is 0 Å². The van der Waals surface area contributed by atoms with Crippen molar-refractivity contribution in [2.45, 2.75) is 32.4 Å². The molecule has 0 aliphatic carbocycles. The van der Waals surface area contributed by atoms with Gasteiger partial charge < -0.3 is 9.47 Å². The molecule has 4 rings (SSSR count). The number of hydrogen-bond acceptors (Lipinski definition) is 6. The number of esters is 2. The first-order valence-electron chi connectivity index (χ1n) is 11.3. The quantitative estimate of drug-likeness (QED) is 0.415. The lowest BCUT2D eigenvalue weighted by molar-refractivity contribution is -0.162. The van der Waals surface area contributed by atoms with Crippen molar-refractivity contribution in [3.05, 3.63) is 83.9 Å². The molecule has 0 saturated heterocycles. The van der Waals surface area contributed by atoms with Gasteiger partial charge in [0, 0.05) is 5.57 Å². The Morgan fingerprint density at radius 3 is 2.00 bits per heavy atom. The third-order valence-electron chi connectivity index (χ3n) is 5.98. The highest BCUT2D eigenvalue weighted by atomic mass is 16.6. The van der Waals surface area contributed by atoms with Crippen molar-refractivity contribution in [1.82, 2.24) is 5.32 Å². The fraction of sp³-hybridized carbons (Fsp3) is 0.250. The zero-order valence-corrected chi connectivity index (χ0v) is 19.5. The summed E-state index contributed by atoms with van der Waals surface area (Å²) in [7, 11) is 0. The summed E-state index contributed by atoms with van der Waals surface area (Å²) >= 11 is 0. The summed E-state index contributed by atoms with van der Waals surface area (Å²) in [5, 5.41) is 5.36. The van der Waals surface area contributed by atoms with Crippen LogP contribution in [0.4, 0.5) is 0 Å². The summed E-state index contributed by atoms with van der Waals surface area (Å²) in [5.74, 6) is -1.82. The summed E-state index contributed by atoms with van der Waals surface area (Å²) in [5.41, 5.74) is 1.29. The van der Waals surface area contributed by atoms with Crippen LogP contribution in [0.25, 0.3) is 21.9 Å². The van der Waals surface area contributed by atoms with Crippen molar-refractivity contribution in [3.63, 3.8) is 0 Å². The zero-order chi connectivity index (χ0) is 24.3. The highest BCUT2D eigenvalue weighted by molar-refractivity contribution is 6.11. The number of nitrogens with one attached hydrogen (secondary N) is 1. The van der Waals surface area contributed by atoms with Crippen molar-refractivity contribution in [2.24, 2.45) is 0 Å². The first kappa shape index (κ1) is 23.4. The van der Waals surface area contributed by atoms with Crippen LogP contribution in [0.3, 0.4) is 0 Å². The van der Waals surface area contributed by atoms with E-state index in [4.69, 9.17) is 9.47 Å². The second-order valence-corrected chi connectivity index (χ2v) is 8.17. The molecule has 0 spiro atoms. The fourth-order valence-electron chi connectivity index (χ4n) is 4.28. The first-order chi connectivity index (χ1) is 16.4. The predicted molar refractivity (Wildman–Crippen MR) is 130 cm³/mol. The Morgan fingerprint density at radius 2 is 1.41 bits per heavy atom. The number of hydrogen-bond donors (Lipinski definition) is 1. The van der Waals surface area contributed by atoms with E-state index in [1.54, 1.807) is 13.8 Å². The standard InChI is InChI=1S/C28H27NO5/c1-4-33-26(31)28(27(32)34-5-2)17-24(18(3)30)25(29-28)21-13-10-20(11-14-21)23-15-12-19-8-6-7-9-22(19)16-23/h6-17,25,29H,4-5H2,1-3H3/t25-/m0/s1. The summed E-state index contributed by atoms with van der Waals surface area (Å²) < 4.78 is 10.3. The van der Waals surface area contributed by atoms with Gasteiger partial charge in [-0.25, -0.2) is 9.59 Å². The van der Waals surface area contributed by atoms with E-state index in [2.05, 4.69) is 35.6 Å². The van der Waals surface area contributed by atoms with Crippen LogP contribution in [-0.2, 0) is 23.9 Å². The molecule has 6 nitrogen and oxygen atoms in total. The maximum absolute atomic E-state index is 12.8. The minimum atomic E-state index is -1.87. The molecule has 3 aromatic rings. The zero-order valence-electron chi connectivity index (χ0n) is 19.5. The molecule has 6 heteroatoms. The second-order valence-electron chi connectivity index (χ2n) is 8.17. The molecule has 1 N–H and O–H groups in total. The van der Waals surface area contributed by atoms with E-state index < -0.39 is 23.5 Å². The van der Waals surface area contributed by atoms with Crippen molar-refractivity contribution < 1.29 is 23.9 Å². The molecule has 34 heavy (non-hydrogen) atoms. The van der Waals surface area contributed by atoms with E-state index in [0.29, 0.717) is 5.57 Å². The van der Waals surface area contributed by atoms with E-state index in [-0.39, 0.29) is 19.0 Å². The number of benzene rings is 3.